The number of hydrogen-bond donors (Lipinski definition) is 1. The molecule has 1 N–H and O–H groups in total. The Bertz CT molecular complexity index is 678. The molecule has 2 saturated carbocycles. The average Bonchev–Trinajstić information content (AvgIpc) is 3.40. The maximum absolute atomic E-state index is 13.0. The molecule has 4 rings (SSSR count). The van der Waals surface area contributed by atoms with Gasteiger partial charge in [0.2, 0.25) is 5.91 Å². The summed E-state index contributed by atoms with van der Waals surface area (Å²) in [4.78, 5) is 15.3. The molecule has 27 heavy (non-hydrogen) atoms. The molecule has 0 radical (unpaired) electrons. The Hall–Kier alpha value is -1.75. The van der Waals surface area contributed by atoms with Crippen molar-refractivity contribution in [1.29, 1.82) is 0 Å². The molecule has 2 aliphatic carbocycles. The summed E-state index contributed by atoms with van der Waals surface area (Å²) < 4.78 is 11.4. The number of nitrogens with one attached hydrogen (secondary N) is 1. The lowest BCUT2D eigenvalue weighted by molar-refractivity contribution is -0.124. The third-order valence-electron chi connectivity index (χ3n) is 5.94. The highest BCUT2D eigenvalue weighted by atomic mass is 16.6. The van der Waals surface area contributed by atoms with E-state index in [1.807, 2.05) is 6.07 Å². The van der Waals surface area contributed by atoms with Gasteiger partial charge in [-0.2, -0.15) is 0 Å². The highest BCUT2D eigenvalue weighted by molar-refractivity contribution is 5.79. The lowest BCUT2D eigenvalue weighted by Crippen LogP contribution is -2.48. The van der Waals surface area contributed by atoms with Crippen LogP contribution in [0.25, 0.3) is 0 Å². The second-order valence-electron chi connectivity index (χ2n) is 8.75. The predicted molar refractivity (Wildman–Crippen MR) is 105 cm³/mol. The summed E-state index contributed by atoms with van der Waals surface area (Å²) in [6, 6.07) is 6.77. The second kappa shape index (κ2) is 7.70. The molecule has 1 aromatic carbocycles. The zero-order valence-electron chi connectivity index (χ0n) is 16.6. The van der Waals surface area contributed by atoms with Gasteiger partial charge in [0.05, 0.1) is 12.1 Å². The molecule has 1 aliphatic heterocycles. The fourth-order valence-corrected chi connectivity index (χ4v) is 4.55. The summed E-state index contributed by atoms with van der Waals surface area (Å²) in [7, 11) is 0. The molecule has 3 aliphatic rings. The molecule has 0 atom stereocenters. The fourth-order valence-electron chi connectivity index (χ4n) is 4.55. The number of carbonyl (C=O) groups excluding carboxylic acids is 1. The van der Waals surface area contributed by atoms with Crippen molar-refractivity contribution in [1.82, 2.24) is 10.2 Å². The van der Waals surface area contributed by atoms with Crippen molar-refractivity contribution >= 4 is 5.91 Å². The first-order valence-electron chi connectivity index (χ1n) is 10.5. The number of carbonyl (C=O) groups is 1. The summed E-state index contributed by atoms with van der Waals surface area (Å²) in [5.41, 5.74) is 0.888. The van der Waals surface area contributed by atoms with Crippen molar-refractivity contribution < 1.29 is 14.3 Å². The van der Waals surface area contributed by atoms with Crippen LogP contribution in [0.3, 0.4) is 0 Å². The van der Waals surface area contributed by atoms with Crippen LogP contribution in [0.15, 0.2) is 18.2 Å². The molecule has 2 fully saturated rings. The topological polar surface area (TPSA) is 50.8 Å². The summed E-state index contributed by atoms with van der Waals surface area (Å²) in [5.74, 6) is 2.34. The molecular formula is C22H32N2O3. The van der Waals surface area contributed by atoms with E-state index < -0.39 is 0 Å². The van der Waals surface area contributed by atoms with Crippen LogP contribution in [-0.2, 0) is 10.3 Å². The maximum atomic E-state index is 13.0. The molecule has 1 aromatic rings. The van der Waals surface area contributed by atoms with Gasteiger partial charge in [0.25, 0.3) is 0 Å². The third-order valence-corrected chi connectivity index (χ3v) is 5.94. The van der Waals surface area contributed by atoms with Gasteiger partial charge in [0.15, 0.2) is 11.5 Å². The third kappa shape index (κ3) is 4.23. The summed E-state index contributed by atoms with van der Waals surface area (Å²) in [5, 5.41) is 3.42. The normalized spacial score (nSPS) is 20.9. The van der Waals surface area contributed by atoms with Gasteiger partial charge < -0.3 is 14.8 Å². The van der Waals surface area contributed by atoms with Gasteiger partial charge in [-0.3, -0.25) is 9.69 Å². The van der Waals surface area contributed by atoms with Crippen molar-refractivity contribution in [3.05, 3.63) is 23.8 Å². The Morgan fingerprint density at radius 2 is 1.89 bits per heavy atom. The monoisotopic (exact) mass is 372 g/mol. The van der Waals surface area contributed by atoms with Gasteiger partial charge in [-0.25, -0.2) is 0 Å². The Kier molecular flexibility index (Phi) is 5.31. The molecule has 5 heteroatoms. The lowest BCUT2D eigenvalue weighted by atomic mass is 9.87. The van der Waals surface area contributed by atoms with Gasteiger partial charge in [-0.1, -0.05) is 32.8 Å². The van der Waals surface area contributed by atoms with Crippen LogP contribution in [0.4, 0.5) is 0 Å². The lowest BCUT2D eigenvalue weighted by Gasteiger charge is -2.33. The molecule has 5 nitrogen and oxygen atoms in total. The first kappa shape index (κ1) is 18.6. The van der Waals surface area contributed by atoms with Crippen LogP contribution >= 0.6 is 0 Å². The van der Waals surface area contributed by atoms with Crippen LogP contribution in [0, 0.1) is 5.92 Å². The van der Waals surface area contributed by atoms with Crippen LogP contribution in [0.1, 0.15) is 57.9 Å². The molecule has 0 saturated heterocycles. The summed E-state index contributed by atoms with van der Waals surface area (Å²) >= 11 is 0. The van der Waals surface area contributed by atoms with E-state index in [1.165, 1.54) is 12.8 Å². The van der Waals surface area contributed by atoms with E-state index in [2.05, 4.69) is 36.2 Å². The number of amides is 1. The van der Waals surface area contributed by atoms with Gasteiger partial charge in [-0.05, 0) is 49.3 Å². The minimum Gasteiger partial charge on any atom is -0.486 e. The Balaban J connectivity index is 1.49. The van der Waals surface area contributed by atoms with E-state index in [9.17, 15) is 4.79 Å². The number of benzene rings is 1. The predicted octanol–water partition coefficient (Wildman–Crippen LogP) is 3.46. The smallest absolute Gasteiger partial charge is 0.234 e. The standard InChI is InChI=1S/C22H32N2O3/c1-16(2)14-24(18-6-7-18)15-21(25)23-22(9-3-4-10-22)17-5-8-19-20(13-17)27-12-11-26-19/h5,8,13,16,18H,3-4,6-7,9-12,14-15H2,1-2H3,(H,23,25). The quantitative estimate of drug-likeness (QED) is 0.796. The van der Waals surface area contributed by atoms with Crippen molar-refractivity contribution in [2.75, 3.05) is 26.3 Å². The van der Waals surface area contributed by atoms with Crippen molar-refractivity contribution in [3.8, 4) is 11.5 Å². The zero-order chi connectivity index (χ0) is 18.9. The van der Waals surface area contributed by atoms with Crippen LogP contribution in [-0.4, -0.2) is 43.2 Å². The van der Waals surface area contributed by atoms with E-state index in [4.69, 9.17) is 9.47 Å². The first-order valence-corrected chi connectivity index (χ1v) is 10.5. The van der Waals surface area contributed by atoms with E-state index in [0.29, 0.717) is 31.7 Å². The molecule has 1 amide bonds. The maximum Gasteiger partial charge on any atom is 0.234 e. The number of nitrogens with zero attached hydrogens (tertiary/aromatic N) is 1. The van der Waals surface area contributed by atoms with Gasteiger partial charge in [0.1, 0.15) is 13.2 Å². The molecule has 1 heterocycles. The minimum atomic E-state index is -0.264. The van der Waals surface area contributed by atoms with E-state index >= 15 is 0 Å². The van der Waals surface area contributed by atoms with E-state index in [0.717, 1.165) is 49.3 Å². The van der Waals surface area contributed by atoms with Crippen LogP contribution < -0.4 is 14.8 Å². The number of hydrogen-bond acceptors (Lipinski definition) is 4. The van der Waals surface area contributed by atoms with Crippen molar-refractivity contribution in [3.63, 3.8) is 0 Å². The summed E-state index contributed by atoms with van der Waals surface area (Å²) in [6.45, 7) is 7.13. The number of ether oxygens (including phenoxy) is 2. The zero-order valence-corrected chi connectivity index (χ0v) is 16.6. The summed E-state index contributed by atoms with van der Waals surface area (Å²) in [6.07, 6.45) is 6.73. The Labute approximate surface area is 162 Å². The highest BCUT2D eigenvalue weighted by Crippen LogP contribution is 2.42. The van der Waals surface area contributed by atoms with Gasteiger partial charge in [-0.15, -0.1) is 0 Å². The van der Waals surface area contributed by atoms with Crippen molar-refractivity contribution in [2.45, 2.75) is 64.0 Å². The molecule has 0 bridgehead atoms. The van der Waals surface area contributed by atoms with E-state index in [1.54, 1.807) is 0 Å². The van der Waals surface area contributed by atoms with E-state index in [-0.39, 0.29) is 11.4 Å². The van der Waals surface area contributed by atoms with Crippen LogP contribution in [0.5, 0.6) is 11.5 Å². The Morgan fingerprint density at radius 3 is 2.56 bits per heavy atom. The average molecular weight is 373 g/mol. The fraction of sp³-hybridized carbons (Fsp3) is 0.682. The van der Waals surface area contributed by atoms with Crippen LogP contribution in [0.2, 0.25) is 0 Å². The largest absolute Gasteiger partial charge is 0.486 e. The number of fused-ring (bicyclic) bond motifs is 1. The molecule has 0 spiro atoms. The second-order valence-corrected chi connectivity index (χ2v) is 8.75. The minimum absolute atomic E-state index is 0.152. The molecular weight excluding hydrogens is 340 g/mol. The molecule has 148 valence electrons. The molecule has 0 unspecified atom stereocenters. The molecule has 0 aromatic heterocycles. The Morgan fingerprint density at radius 1 is 1.19 bits per heavy atom. The van der Waals surface area contributed by atoms with Crippen molar-refractivity contribution in [2.24, 2.45) is 5.92 Å². The highest BCUT2D eigenvalue weighted by Gasteiger charge is 2.39. The SMILES string of the molecule is CC(C)CN(CC(=O)NC1(c2ccc3c(c2)OCCO3)CCCC1)C1CC1. The van der Waals surface area contributed by atoms with Gasteiger partial charge >= 0.3 is 0 Å². The van der Waals surface area contributed by atoms with Gasteiger partial charge in [0, 0.05) is 12.6 Å². The first-order chi connectivity index (χ1) is 13.1. The number of rotatable bonds is 7.